The number of nitro benzene ring substituents is 1. The molecule has 1 aromatic carbocycles. The fraction of sp³-hybridized carbons (Fsp3) is 0.385. The van der Waals surface area contributed by atoms with Gasteiger partial charge in [-0.3, -0.25) is 19.7 Å². The second kappa shape index (κ2) is 5.68. The predicted octanol–water partition coefficient (Wildman–Crippen LogP) is 1.25. The summed E-state index contributed by atoms with van der Waals surface area (Å²) in [6, 6.07) is 3.68. The summed E-state index contributed by atoms with van der Waals surface area (Å²) in [5, 5.41) is 11.2. The Kier molecular flexibility index (Phi) is 3.97. The maximum atomic E-state index is 11.5. The number of piperidine rings is 1. The molecule has 2 rings (SSSR count). The molecule has 0 aromatic heterocycles. The molecule has 0 aliphatic carbocycles. The summed E-state index contributed by atoms with van der Waals surface area (Å²) in [4.78, 5) is 34.5. The molecule has 1 amide bonds. The lowest BCUT2D eigenvalue weighted by Crippen LogP contribution is -2.48. The molecule has 1 aliphatic rings. The molecule has 0 bridgehead atoms. The van der Waals surface area contributed by atoms with E-state index in [0.717, 1.165) is 12.8 Å². The lowest BCUT2D eigenvalue weighted by molar-refractivity contribution is -0.384. The summed E-state index contributed by atoms with van der Waals surface area (Å²) in [7, 11) is 0. The summed E-state index contributed by atoms with van der Waals surface area (Å²) in [5.41, 5.74) is 5.76. The van der Waals surface area contributed by atoms with Crippen LogP contribution in [0.25, 0.3) is 0 Å². The minimum atomic E-state index is -0.547. The van der Waals surface area contributed by atoms with E-state index in [4.69, 9.17) is 5.73 Å². The van der Waals surface area contributed by atoms with Crippen molar-refractivity contribution in [1.82, 2.24) is 0 Å². The van der Waals surface area contributed by atoms with Crippen molar-refractivity contribution < 1.29 is 14.5 Å². The SMILES string of the molecule is NC(=O)C1CCCCN1c1ccc(C=O)cc1[N+](=O)[O-]. The Morgan fingerprint density at radius 1 is 1.45 bits per heavy atom. The highest BCUT2D eigenvalue weighted by atomic mass is 16.6. The van der Waals surface area contributed by atoms with Gasteiger partial charge in [0.2, 0.25) is 5.91 Å². The van der Waals surface area contributed by atoms with Gasteiger partial charge >= 0.3 is 0 Å². The number of hydrogen-bond donors (Lipinski definition) is 1. The Balaban J connectivity index is 2.46. The zero-order valence-corrected chi connectivity index (χ0v) is 10.8. The maximum absolute atomic E-state index is 11.5. The van der Waals surface area contributed by atoms with E-state index in [1.54, 1.807) is 4.90 Å². The average Bonchev–Trinajstić information content (AvgIpc) is 2.46. The number of amides is 1. The molecule has 1 aromatic rings. The second-order valence-electron chi connectivity index (χ2n) is 4.73. The van der Waals surface area contributed by atoms with Gasteiger partial charge in [0, 0.05) is 18.2 Å². The van der Waals surface area contributed by atoms with Gasteiger partial charge in [0.1, 0.15) is 18.0 Å². The van der Waals surface area contributed by atoms with Crippen LogP contribution >= 0.6 is 0 Å². The first-order chi connectivity index (χ1) is 9.54. The minimum Gasteiger partial charge on any atom is -0.368 e. The number of hydrogen-bond acceptors (Lipinski definition) is 5. The van der Waals surface area contributed by atoms with E-state index >= 15 is 0 Å². The number of nitrogens with zero attached hydrogens (tertiary/aromatic N) is 2. The average molecular weight is 277 g/mol. The van der Waals surface area contributed by atoms with E-state index in [1.807, 2.05) is 0 Å². The molecule has 1 saturated heterocycles. The van der Waals surface area contributed by atoms with Crippen LogP contribution in [0, 0.1) is 10.1 Å². The van der Waals surface area contributed by atoms with Gasteiger partial charge in [-0.2, -0.15) is 0 Å². The van der Waals surface area contributed by atoms with Crippen LogP contribution in [0.4, 0.5) is 11.4 Å². The topological polar surface area (TPSA) is 107 Å². The van der Waals surface area contributed by atoms with Gasteiger partial charge in [-0.05, 0) is 31.4 Å². The zero-order chi connectivity index (χ0) is 14.7. The van der Waals surface area contributed by atoms with Crippen molar-refractivity contribution in [3.63, 3.8) is 0 Å². The van der Waals surface area contributed by atoms with Crippen LogP contribution in [0.3, 0.4) is 0 Å². The van der Waals surface area contributed by atoms with Gasteiger partial charge in [0.15, 0.2) is 0 Å². The Morgan fingerprint density at radius 3 is 2.80 bits per heavy atom. The molecule has 1 atom stereocenters. The van der Waals surface area contributed by atoms with E-state index < -0.39 is 16.9 Å². The zero-order valence-electron chi connectivity index (χ0n) is 10.8. The van der Waals surface area contributed by atoms with Crippen LogP contribution in [0.2, 0.25) is 0 Å². The molecule has 7 heteroatoms. The summed E-state index contributed by atoms with van der Waals surface area (Å²) in [6.07, 6.45) is 2.85. The molecule has 0 radical (unpaired) electrons. The predicted molar refractivity (Wildman–Crippen MR) is 72.7 cm³/mol. The lowest BCUT2D eigenvalue weighted by atomic mass is 10.00. The summed E-state index contributed by atoms with van der Waals surface area (Å²) < 4.78 is 0. The van der Waals surface area contributed by atoms with Crippen LogP contribution in [0.1, 0.15) is 29.6 Å². The van der Waals surface area contributed by atoms with Crippen LogP contribution in [0.5, 0.6) is 0 Å². The van der Waals surface area contributed by atoms with E-state index in [0.29, 0.717) is 24.9 Å². The van der Waals surface area contributed by atoms with Gasteiger partial charge in [-0.1, -0.05) is 0 Å². The Morgan fingerprint density at radius 2 is 2.20 bits per heavy atom. The molecular weight excluding hydrogens is 262 g/mol. The smallest absolute Gasteiger partial charge is 0.293 e. The van der Waals surface area contributed by atoms with Crippen molar-refractivity contribution >= 4 is 23.6 Å². The van der Waals surface area contributed by atoms with E-state index in [2.05, 4.69) is 0 Å². The van der Waals surface area contributed by atoms with Crippen LogP contribution in [0.15, 0.2) is 18.2 Å². The third kappa shape index (κ3) is 2.61. The van der Waals surface area contributed by atoms with Crippen LogP contribution < -0.4 is 10.6 Å². The third-order valence-electron chi connectivity index (χ3n) is 3.47. The molecule has 1 fully saturated rings. The summed E-state index contributed by atoms with van der Waals surface area (Å²) in [5.74, 6) is -0.488. The first-order valence-corrected chi connectivity index (χ1v) is 6.34. The Bertz CT molecular complexity index is 559. The van der Waals surface area contributed by atoms with Crippen LogP contribution in [-0.2, 0) is 4.79 Å². The molecule has 7 nitrogen and oxygen atoms in total. The fourth-order valence-electron chi connectivity index (χ4n) is 2.52. The number of carbonyl (C=O) groups excluding carboxylic acids is 2. The molecule has 20 heavy (non-hydrogen) atoms. The second-order valence-corrected chi connectivity index (χ2v) is 4.73. The highest BCUT2D eigenvalue weighted by Gasteiger charge is 2.31. The van der Waals surface area contributed by atoms with Crippen molar-refractivity contribution in [2.75, 3.05) is 11.4 Å². The fourth-order valence-corrected chi connectivity index (χ4v) is 2.52. The van der Waals surface area contributed by atoms with E-state index in [1.165, 1.54) is 18.2 Å². The number of nitro groups is 1. The van der Waals surface area contributed by atoms with E-state index in [9.17, 15) is 19.7 Å². The molecule has 2 N–H and O–H groups in total. The van der Waals surface area contributed by atoms with Crippen molar-refractivity contribution in [3.8, 4) is 0 Å². The normalized spacial score (nSPS) is 18.6. The maximum Gasteiger partial charge on any atom is 0.293 e. The molecule has 1 unspecified atom stereocenters. The highest BCUT2D eigenvalue weighted by Crippen LogP contribution is 2.33. The largest absolute Gasteiger partial charge is 0.368 e. The Labute approximate surface area is 115 Å². The highest BCUT2D eigenvalue weighted by molar-refractivity contribution is 5.86. The first-order valence-electron chi connectivity index (χ1n) is 6.34. The number of primary amides is 1. The minimum absolute atomic E-state index is 0.178. The third-order valence-corrected chi connectivity index (χ3v) is 3.47. The van der Waals surface area contributed by atoms with Gasteiger partial charge in [0.25, 0.3) is 5.69 Å². The number of rotatable bonds is 4. The van der Waals surface area contributed by atoms with Crippen molar-refractivity contribution in [3.05, 3.63) is 33.9 Å². The van der Waals surface area contributed by atoms with Crippen molar-refractivity contribution in [2.24, 2.45) is 5.73 Å². The van der Waals surface area contributed by atoms with Gasteiger partial charge in [-0.25, -0.2) is 0 Å². The lowest BCUT2D eigenvalue weighted by Gasteiger charge is -2.35. The van der Waals surface area contributed by atoms with Crippen molar-refractivity contribution in [2.45, 2.75) is 25.3 Å². The van der Waals surface area contributed by atoms with Gasteiger partial charge in [0.05, 0.1) is 4.92 Å². The van der Waals surface area contributed by atoms with Gasteiger partial charge < -0.3 is 10.6 Å². The number of anilines is 1. The quantitative estimate of drug-likeness (QED) is 0.506. The number of nitrogens with two attached hydrogens (primary N) is 1. The first kappa shape index (κ1) is 14.0. The summed E-state index contributed by atoms with van der Waals surface area (Å²) in [6.45, 7) is 0.537. The molecule has 0 spiro atoms. The summed E-state index contributed by atoms with van der Waals surface area (Å²) >= 11 is 0. The molecule has 1 aliphatic heterocycles. The standard InChI is InChI=1S/C13H15N3O4/c14-13(18)11-3-1-2-6-15(11)10-5-4-9(8-17)7-12(10)16(19)20/h4-5,7-8,11H,1-3,6H2,(H2,14,18). The molecule has 1 heterocycles. The van der Waals surface area contributed by atoms with E-state index in [-0.39, 0.29) is 11.3 Å². The Hall–Kier alpha value is -2.44. The molecular formula is C13H15N3O4. The van der Waals surface area contributed by atoms with Gasteiger partial charge in [-0.15, -0.1) is 0 Å². The molecule has 0 saturated carbocycles. The van der Waals surface area contributed by atoms with Crippen LogP contribution in [-0.4, -0.2) is 29.7 Å². The monoisotopic (exact) mass is 277 g/mol. The molecule has 106 valence electrons. The number of benzene rings is 1. The van der Waals surface area contributed by atoms with Crippen molar-refractivity contribution in [1.29, 1.82) is 0 Å². The number of carbonyl (C=O) groups is 2. The number of aldehydes is 1.